The van der Waals surface area contributed by atoms with Crippen LogP contribution in [0.15, 0.2) is 34.8 Å². The average molecular weight is 352 g/mol. The first-order valence-electron chi connectivity index (χ1n) is 6.46. The summed E-state index contributed by atoms with van der Waals surface area (Å²) in [5.74, 6) is -0.321. The highest BCUT2D eigenvalue weighted by Crippen LogP contribution is 2.27. The second-order valence-electron chi connectivity index (χ2n) is 4.60. The third kappa shape index (κ3) is 3.24. The van der Waals surface area contributed by atoms with Crippen LogP contribution in [0, 0.1) is 12.7 Å². The minimum absolute atomic E-state index is 0.0302. The van der Waals surface area contributed by atoms with Crippen molar-refractivity contribution < 1.29 is 13.9 Å². The molecule has 0 spiro atoms. The zero-order chi connectivity index (χ0) is 15.6. The summed E-state index contributed by atoms with van der Waals surface area (Å²) < 4.78 is 20.0. The van der Waals surface area contributed by atoms with Gasteiger partial charge in [-0.2, -0.15) is 0 Å². The van der Waals surface area contributed by atoms with Gasteiger partial charge in [-0.15, -0.1) is 0 Å². The first-order chi connectivity index (χ1) is 9.93. The Morgan fingerprint density at radius 1 is 1.29 bits per heavy atom. The number of ether oxygens (including phenoxy) is 1. The van der Waals surface area contributed by atoms with Crippen molar-refractivity contribution >= 4 is 27.4 Å². The quantitative estimate of drug-likeness (QED) is 0.666. The van der Waals surface area contributed by atoms with Crippen molar-refractivity contribution in [2.75, 3.05) is 12.3 Å². The lowest BCUT2D eigenvalue weighted by Gasteiger charge is -2.10. The van der Waals surface area contributed by atoms with Crippen molar-refractivity contribution in [2.45, 2.75) is 13.8 Å². The molecule has 0 aliphatic rings. The van der Waals surface area contributed by atoms with E-state index in [2.05, 4.69) is 15.9 Å². The van der Waals surface area contributed by atoms with Gasteiger partial charge in [-0.25, -0.2) is 4.39 Å². The summed E-state index contributed by atoms with van der Waals surface area (Å²) in [6.45, 7) is 3.98. The van der Waals surface area contributed by atoms with Crippen LogP contribution in [-0.2, 0) is 0 Å². The zero-order valence-corrected chi connectivity index (χ0v) is 13.3. The maximum atomic E-state index is 14.1. The van der Waals surface area contributed by atoms with Gasteiger partial charge in [0.05, 0.1) is 12.2 Å². The van der Waals surface area contributed by atoms with Gasteiger partial charge < -0.3 is 10.5 Å². The Labute approximate surface area is 131 Å². The molecule has 21 heavy (non-hydrogen) atoms. The largest absolute Gasteiger partial charge is 0.494 e. The molecule has 0 radical (unpaired) electrons. The van der Waals surface area contributed by atoms with Crippen LogP contribution in [0.3, 0.4) is 0 Å². The molecule has 0 aliphatic carbocycles. The Hall–Kier alpha value is -1.88. The van der Waals surface area contributed by atoms with Crippen LogP contribution in [0.25, 0.3) is 0 Å². The predicted octanol–water partition coefficient (Wildman–Crippen LogP) is 4.11. The second-order valence-corrected chi connectivity index (χ2v) is 5.46. The molecule has 0 aliphatic heterocycles. The van der Waals surface area contributed by atoms with Gasteiger partial charge in [-0.3, -0.25) is 4.79 Å². The molecule has 0 amide bonds. The van der Waals surface area contributed by atoms with Crippen molar-refractivity contribution in [1.29, 1.82) is 0 Å². The summed E-state index contributed by atoms with van der Waals surface area (Å²) >= 11 is 3.32. The third-order valence-electron chi connectivity index (χ3n) is 3.02. The fourth-order valence-electron chi connectivity index (χ4n) is 2.04. The van der Waals surface area contributed by atoms with Crippen LogP contribution >= 0.6 is 15.9 Å². The first kappa shape index (κ1) is 15.5. The highest BCUT2D eigenvalue weighted by Gasteiger charge is 2.19. The lowest BCUT2D eigenvalue weighted by molar-refractivity contribution is 0.103. The third-order valence-corrected chi connectivity index (χ3v) is 3.67. The smallest absolute Gasteiger partial charge is 0.197 e. The van der Waals surface area contributed by atoms with E-state index in [0.717, 1.165) is 0 Å². The molecule has 0 saturated heterocycles. The molecule has 0 bridgehead atoms. The number of halogens is 2. The van der Waals surface area contributed by atoms with Gasteiger partial charge in [0.2, 0.25) is 0 Å². The van der Waals surface area contributed by atoms with E-state index < -0.39 is 11.6 Å². The Bertz CT molecular complexity index is 701. The zero-order valence-electron chi connectivity index (χ0n) is 11.7. The SMILES string of the molecule is CCOc1ccc(C(=O)c2cc(N)cc(C)c2F)c(Br)c1. The van der Waals surface area contributed by atoms with Gasteiger partial charge in [0.25, 0.3) is 0 Å². The second kappa shape index (κ2) is 6.26. The molecule has 2 aromatic carbocycles. The molecule has 110 valence electrons. The molecule has 0 fully saturated rings. The van der Waals surface area contributed by atoms with Gasteiger partial charge in [0.1, 0.15) is 11.6 Å². The van der Waals surface area contributed by atoms with E-state index >= 15 is 0 Å². The summed E-state index contributed by atoms with van der Waals surface area (Å²) in [5.41, 5.74) is 6.74. The summed E-state index contributed by atoms with van der Waals surface area (Å²) in [6.07, 6.45) is 0. The standard InChI is InChI=1S/C16H15BrFNO2/c1-3-21-11-4-5-12(14(17)8-11)16(20)13-7-10(19)6-9(2)15(13)18/h4-8H,3,19H2,1-2H3. The molecule has 0 unspecified atom stereocenters. The number of benzene rings is 2. The first-order valence-corrected chi connectivity index (χ1v) is 7.26. The van der Waals surface area contributed by atoms with Crippen molar-refractivity contribution in [3.05, 3.63) is 57.3 Å². The average Bonchev–Trinajstić information content (AvgIpc) is 2.42. The van der Waals surface area contributed by atoms with Gasteiger partial charge >= 0.3 is 0 Å². The molecule has 0 aromatic heterocycles. The van der Waals surface area contributed by atoms with Crippen molar-refractivity contribution in [2.24, 2.45) is 0 Å². The van der Waals surface area contributed by atoms with E-state index in [4.69, 9.17) is 10.5 Å². The highest BCUT2D eigenvalue weighted by molar-refractivity contribution is 9.10. The minimum Gasteiger partial charge on any atom is -0.494 e. The molecule has 0 atom stereocenters. The topological polar surface area (TPSA) is 52.3 Å². The fourth-order valence-corrected chi connectivity index (χ4v) is 2.58. The normalized spacial score (nSPS) is 10.5. The summed E-state index contributed by atoms with van der Waals surface area (Å²) in [6, 6.07) is 7.83. The summed E-state index contributed by atoms with van der Waals surface area (Å²) in [5, 5.41) is 0. The monoisotopic (exact) mass is 351 g/mol. The van der Waals surface area contributed by atoms with E-state index in [0.29, 0.717) is 33.6 Å². The predicted molar refractivity (Wildman–Crippen MR) is 84.3 cm³/mol. The van der Waals surface area contributed by atoms with Crippen LogP contribution < -0.4 is 10.5 Å². The van der Waals surface area contributed by atoms with Crippen LogP contribution in [0.5, 0.6) is 5.75 Å². The van der Waals surface area contributed by atoms with E-state index in [9.17, 15) is 9.18 Å². The summed E-state index contributed by atoms with van der Waals surface area (Å²) in [4.78, 5) is 12.5. The lowest BCUT2D eigenvalue weighted by atomic mass is 10.00. The minimum atomic E-state index is -0.546. The Morgan fingerprint density at radius 3 is 2.62 bits per heavy atom. The number of nitrogen functional groups attached to an aromatic ring is 1. The number of carbonyl (C=O) groups is 1. The molecule has 3 nitrogen and oxygen atoms in total. The molecule has 0 heterocycles. The van der Waals surface area contributed by atoms with Crippen LogP contribution in [-0.4, -0.2) is 12.4 Å². The van der Waals surface area contributed by atoms with E-state index in [1.807, 2.05) is 6.92 Å². The van der Waals surface area contributed by atoms with E-state index in [1.54, 1.807) is 25.1 Å². The molecule has 2 rings (SSSR count). The number of nitrogens with two attached hydrogens (primary N) is 1. The number of carbonyl (C=O) groups excluding carboxylic acids is 1. The fraction of sp³-hybridized carbons (Fsp3) is 0.188. The Kier molecular flexibility index (Phi) is 4.63. The van der Waals surface area contributed by atoms with Crippen molar-refractivity contribution in [3.8, 4) is 5.75 Å². The van der Waals surface area contributed by atoms with Crippen LogP contribution in [0.2, 0.25) is 0 Å². The number of ketones is 1. The van der Waals surface area contributed by atoms with E-state index in [-0.39, 0.29) is 5.56 Å². The molecule has 5 heteroatoms. The van der Waals surface area contributed by atoms with E-state index in [1.165, 1.54) is 12.1 Å². The molecular formula is C16H15BrFNO2. The molecular weight excluding hydrogens is 337 g/mol. The van der Waals surface area contributed by atoms with Gasteiger partial charge in [0, 0.05) is 15.7 Å². The molecule has 0 saturated carbocycles. The Balaban J connectivity index is 2.45. The van der Waals surface area contributed by atoms with Crippen LogP contribution in [0.4, 0.5) is 10.1 Å². The highest BCUT2D eigenvalue weighted by atomic mass is 79.9. The molecule has 2 aromatic rings. The van der Waals surface area contributed by atoms with Crippen molar-refractivity contribution in [3.63, 3.8) is 0 Å². The van der Waals surface area contributed by atoms with Crippen LogP contribution in [0.1, 0.15) is 28.4 Å². The van der Waals surface area contributed by atoms with Crippen molar-refractivity contribution in [1.82, 2.24) is 0 Å². The number of anilines is 1. The maximum absolute atomic E-state index is 14.1. The van der Waals surface area contributed by atoms with Gasteiger partial charge in [-0.1, -0.05) is 0 Å². The molecule has 2 N–H and O–H groups in total. The number of rotatable bonds is 4. The number of hydrogen-bond donors (Lipinski definition) is 1. The van der Waals surface area contributed by atoms with Gasteiger partial charge in [-0.05, 0) is 65.7 Å². The number of hydrogen-bond acceptors (Lipinski definition) is 3. The maximum Gasteiger partial charge on any atom is 0.197 e. The number of aryl methyl sites for hydroxylation is 1. The summed E-state index contributed by atoms with van der Waals surface area (Å²) in [7, 11) is 0. The Morgan fingerprint density at radius 2 is 2.00 bits per heavy atom. The van der Waals surface area contributed by atoms with Gasteiger partial charge in [0.15, 0.2) is 5.78 Å². The lowest BCUT2D eigenvalue weighted by Crippen LogP contribution is -2.08.